The van der Waals surface area contributed by atoms with E-state index in [0.717, 1.165) is 4.90 Å². The van der Waals surface area contributed by atoms with E-state index >= 15 is 0 Å². The highest BCUT2D eigenvalue weighted by Crippen LogP contribution is 2.18. The zero-order valence-corrected chi connectivity index (χ0v) is 13.7. The van der Waals surface area contributed by atoms with E-state index < -0.39 is 23.7 Å². The predicted molar refractivity (Wildman–Crippen MR) is 82.0 cm³/mol. The number of carbonyl (C=O) groups excluding carboxylic acids is 3. The summed E-state index contributed by atoms with van der Waals surface area (Å²) in [5, 5.41) is 2.54. The van der Waals surface area contributed by atoms with E-state index in [0.29, 0.717) is 3.57 Å². The summed E-state index contributed by atoms with van der Waals surface area (Å²) in [6, 6.07) is 2.68. The van der Waals surface area contributed by atoms with Gasteiger partial charge in [-0.1, -0.05) is 0 Å². The Morgan fingerprint density at radius 1 is 1.43 bits per heavy atom. The molecule has 0 bridgehead atoms. The Balaban J connectivity index is 2.14. The Hall–Kier alpha value is -1.51. The predicted octanol–water partition coefficient (Wildman–Crippen LogP) is 1.70. The maximum atomic E-state index is 13.0. The van der Waals surface area contributed by atoms with Gasteiger partial charge in [0.1, 0.15) is 11.9 Å². The molecule has 0 aromatic heterocycles. The smallest absolute Gasteiger partial charge is 0.253 e. The fourth-order valence-electron chi connectivity index (χ4n) is 2.22. The van der Waals surface area contributed by atoms with Gasteiger partial charge in [0.25, 0.3) is 11.8 Å². The van der Waals surface area contributed by atoms with Crippen molar-refractivity contribution in [1.29, 1.82) is 0 Å². The van der Waals surface area contributed by atoms with Gasteiger partial charge in [-0.05, 0) is 54.6 Å². The number of hydrogen-bond donors (Lipinski definition) is 1. The normalized spacial score (nSPS) is 18.5. The summed E-state index contributed by atoms with van der Waals surface area (Å²) in [6.07, 6.45) is -0.0411. The Kier molecular flexibility index (Phi) is 4.60. The van der Waals surface area contributed by atoms with Crippen molar-refractivity contribution in [2.75, 3.05) is 0 Å². The first-order valence-electron chi connectivity index (χ1n) is 6.43. The molecule has 0 saturated carbocycles. The number of carbonyl (C=O) groups is 3. The minimum atomic E-state index is -0.853. The van der Waals surface area contributed by atoms with Gasteiger partial charge in [-0.2, -0.15) is 0 Å². The van der Waals surface area contributed by atoms with Crippen molar-refractivity contribution in [3.63, 3.8) is 0 Å². The summed E-state index contributed by atoms with van der Waals surface area (Å²) >= 11 is 1.85. The first kappa shape index (κ1) is 15.9. The molecule has 0 spiro atoms. The van der Waals surface area contributed by atoms with Crippen LogP contribution in [0.4, 0.5) is 4.39 Å². The zero-order valence-electron chi connectivity index (χ0n) is 11.5. The average Bonchev–Trinajstić information content (AvgIpc) is 2.63. The highest BCUT2D eigenvalue weighted by molar-refractivity contribution is 14.1. The van der Waals surface area contributed by atoms with Gasteiger partial charge in [0.15, 0.2) is 0 Å². The van der Waals surface area contributed by atoms with Gasteiger partial charge in [-0.15, -0.1) is 0 Å². The SMILES string of the molecule is CC(C)N1C(=O)C[C@H](NC(=O)c2ccc(F)cc2I)C1=O. The van der Waals surface area contributed by atoms with E-state index in [9.17, 15) is 18.8 Å². The lowest BCUT2D eigenvalue weighted by Crippen LogP contribution is -2.44. The third-order valence-corrected chi connectivity index (χ3v) is 4.07. The molecule has 0 unspecified atom stereocenters. The van der Waals surface area contributed by atoms with Crippen molar-refractivity contribution in [3.05, 3.63) is 33.1 Å². The molecule has 1 fully saturated rings. The number of halogens is 2. The van der Waals surface area contributed by atoms with Crippen LogP contribution in [-0.2, 0) is 9.59 Å². The van der Waals surface area contributed by atoms with Crippen LogP contribution in [0.25, 0.3) is 0 Å². The topological polar surface area (TPSA) is 66.5 Å². The van der Waals surface area contributed by atoms with Crippen LogP contribution in [0.5, 0.6) is 0 Å². The van der Waals surface area contributed by atoms with Crippen LogP contribution in [0.1, 0.15) is 30.6 Å². The highest BCUT2D eigenvalue weighted by Gasteiger charge is 2.40. The van der Waals surface area contributed by atoms with E-state index in [4.69, 9.17) is 0 Å². The van der Waals surface area contributed by atoms with Crippen molar-refractivity contribution in [3.8, 4) is 0 Å². The molecule has 1 atom stereocenters. The number of likely N-dealkylation sites (tertiary alicyclic amines) is 1. The van der Waals surface area contributed by atoms with Crippen LogP contribution < -0.4 is 5.32 Å². The van der Waals surface area contributed by atoms with Crippen LogP contribution in [0.3, 0.4) is 0 Å². The van der Waals surface area contributed by atoms with Crippen molar-refractivity contribution in [2.24, 2.45) is 0 Å². The molecule has 1 aromatic carbocycles. The van der Waals surface area contributed by atoms with Gasteiger partial charge < -0.3 is 5.32 Å². The van der Waals surface area contributed by atoms with Gasteiger partial charge in [0, 0.05) is 9.61 Å². The Morgan fingerprint density at radius 2 is 2.10 bits per heavy atom. The number of hydrogen-bond acceptors (Lipinski definition) is 3. The van der Waals surface area contributed by atoms with Crippen LogP contribution in [-0.4, -0.2) is 34.7 Å². The lowest BCUT2D eigenvalue weighted by molar-refractivity contribution is -0.140. The van der Waals surface area contributed by atoms with Crippen molar-refractivity contribution in [1.82, 2.24) is 10.2 Å². The molecule has 1 aliphatic heterocycles. The summed E-state index contributed by atoms with van der Waals surface area (Å²) in [5.41, 5.74) is 0.278. The Bertz CT molecular complexity index is 618. The maximum absolute atomic E-state index is 13.0. The molecule has 21 heavy (non-hydrogen) atoms. The number of imide groups is 1. The molecule has 1 N–H and O–H groups in total. The number of benzene rings is 1. The van der Waals surface area contributed by atoms with Gasteiger partial charge >= 0.3 is 0 Å². The largest absolute Gasteiger partial charge is 0.340 e. The molecule has 1 aromatic rings. The van der Waals surface area contributed by atoms with Crippen molar-refractivity contribution in [2.45, 2.75) is 32.4 Å². The van der Waals surface area contributed by atoms with E-state index in [1.54, 1.807) is 13.8 Å². The molecule has 0 radical (unpaired) electrons. The summed E-state index contributed by atoms with van der Waals surface area (Å²) < 4.78 is 13.5. The van der Waals surface area contributed by atoms with Crippen LogP contribution >= 0.6 is 22.6 Å². The molecule has 1 aliphatic rings. The van der Waals surface area contributed by atoms with Crippen molar-refractivity contribution < 1.29 is 18.8 Å². The standard InChI is InChI=1S/C14H14FIN2O3/c1-7(2)18-12(19)6-11(14(18)21)17-13(20)9-4-3-8(15)5-10(9)16/h3-5,7,11H,6H2,1-2H3,(H,17,20)/t11-/m0/s1. The third-order valence-electron chi connectivity index (χ3n) is 3.18. The first-order valence-corrected chi connectivity index (χ1v) is 7.51. The van der Waals surface area contributed by atoms with Crippen LogP contribution in [0.15, 0.2) is 18.2 Å². The average molecular weight is 404 g/mol. The molecular weight excluding hydrogens is 390 g/mol. The fourth-order valence-corrected chi connectivity index (χ4v) is 2.94. The molecule has 112 valence electrons. The number of rotatable bonds is 3. The lowest BCUT2D eigenvalue weighted by atomic mass is 10.2. The second-order valence-corrected chi connectivity index (χ2v) is 6.21. The summed E-state index contributed by atoms with van der Waals surface area (Å²) in [4.78, 5) is 37.2. The molecule has 1 heterocycles. The Morgan fingerprint density at radius 3 is 2.62 bits per heavy atom. The molecule has 5 nitrogen and oxygen atoms in total. The van der Waals surface area contributed by atoms with Crippen LogP contribution in [0.2, 0.25) is 0 Å². The molecule has 1 saturated heterocycles. The monoisotopic (exact) mass is 404 g/mol. The number of nitrogens with zero attached hydrogens (tertiary/aromatic N) is 1. The van der Waals surface area contributed by atoms with Gasteiger partial charge in [0.05, 0.1) is 12.0 Å². The highest BCUT2D eigenvalue weighted by atomic mass is 127. The molecule has 3 amide bonds. The Labute approximate surface area is 135 Å². The minimum Gasteiger partial charge on any atom is -0.340 e. The van der Waals surface area contributed by atoms with E-state index in [-0.39, 0.29) is 23.9 Å². The number of amides is 3. The summed E-state index contributed by atoms with van der Waals surface area (Å²) in [5.74, 6) is -1.63. The first-order chi connectivity index (χ1) is 9.81. The van der Waals surface area contributed by atoms with Gasteiger partial charge in [-0.3, -0.25) is 19.3 Å². The van der Waals surface area contributed by atoms with E-state index in [1.165, 1.54) is 18.2 Å². The van der Waals surface area contributed by atoms with E-state index in [2.05, 4.69) is 5.32 Å². The number of nitrogens with one attached hydrogen (secondary N) is 1. The summed E-state index contributed by atoms with van der Waals surface area (Å²) in [7, 11) is 0. The van der Waals surface area contributed by atoms with Crippen LogP contribution in [0, 0.1) is 9.39 Å². The van der Waals surface area contributed by atoms with Gasteiger partial charge in [-0.25, -0.2) is 4.39 Å². The fraction of sp³-hybridized carbons (Fsp3) is 0.357. The van der Waals surface area contributed by atoms with Gasteiger partial charge in [0.2, 0.25) is 5.91 Å². The third kappa shape index (κ3) is 3.22. The molecule has 2 rings (SSSR count). The second-order valence-electron chi connectivity index (χ2n) is 5.05. The molecule has 0 aliphatic carbocycles. The molecular formula is C14H14FIN2O3. The quantitative estimate of drug-likeness (QED) is 0.616. The lowest BCUT2D eigenvalue weighted by Gasteiger charge is -2.19. The van der Waals surface area contributed by atoms with E-state index in [1.807, 2.05) is 22.6 Å². The maximum Gasteiger partial charge on any atom is 0.253 e. The summed E-state index contributed by atoms with van der Waals surface area (Å²) in [6.45, 7) is 3.48. The van der Waals surface area contributed by atoms with Crippen molar-refractivity contribution >= 4 is 40.3 Å². The second kappa shape index (κ2) is 6.08. The molecule has 7 heteroatoms. The zero-order chi connectivity index (χ0) is 15.7. The minimum absolute atomic E-state index is 0.0411.